The van der Waals surface area contributed by atoms with E-state index in [-0.39, 0.29) is 31.2 Å². The lowest BCUT2D eigenvalue weighted by molar-refractivity contribution is -0.127. The lowest BCUT2D eigenvalue weighted by Gasteiger charge is -2.13. The Kier molecular flexibility index (Phi) is 7.07. The van der Waals surface area contributed by atoms with Gasteiger partial charge >= 0.3 is 0 Å². The minimum Gasteiger partial charge on any atom is -0.391 e. The fraction of sp³-hybridized carbons (Fsp3) is 0.556. The molecule has 5 heteroatoms. The minimum absolute atomic E-state index is 0.0584. The third-order valence-electron chi connectivity index (χ3n) is 4.15. The molecule has 0 radical (unpaired) electrons. The number of aliphatic hydroxyl groups is 1. The fourth-order valence-electron chi connectivity index (χ4n) is 2.88. The summed E-state index contributed by atoms with van der Waals surface area (Å²) >= 11 is 0. The zero-order chi connectivity index (χ0) is 16.5. The standard InChI is InChI=1S/C18H26N2O3/c21-16(12-14-6-2-1-3-7-14)13-19-17(22)10-11-18(23)20-15-8-4-5-9-15/h1-3,6-7,15-16,21H,4-5,8-13H2,(H,19,22)(H,20,23). The summed E-state index contributed by atoms with van der Waals surface area (Å²) in [5.74, 6) is -0.254. The van der Waals surface area contributed by atoms with Crippen molar-refractivity contribution in [1.29, 1.82) is 0 Å². The Bertz CT molecular complexity index is 498. The number of nitrogens with one attached hydrogen (secondary N) is 2. The fourth-order valence-corrected chi connectivity index (χ4v) is 2.88. The predicted octanol–water partition coefficient (Wildman–Crippen LogP) is 1.55. The van der Waals surface area contributed by atoms with E-state index in [4.69, 9.17) is 0 Å². The largest absolute Gasteiger partial charge is 0.391 e. The second-order valence-corrected chi connectivity index (χ2v) is 6.20. The van der Waals surface area contributed by atoms with Crippen LogP contribution in [0.5, 0.6) is 0 Å². The SMILES string of the molecule is O=C(CCC(=O)NC1CCCC1)NCC(O)Cc1ccccc1. The van der Waals surface area contributed by atoms with Crippen molar-refractivity contribution >= 4 is 11.8 Å². The Labute approximate surface area is 137 Å². The van der Waals surface area contributed by atoms with Gasteiger partial charge in [-0.2, -0.15) is 0 Å². The van der Waals surface area contributed by atoms with Crippen molar-refractivity contribution in [2.45, 2.75) is 57.1 Å². The number of aliphatic hydroxyl groups excluding tert-OH is 1. The molecule has 0 bridgehead atoms. The van der Waals surface area contributed by atoms with Gasteiger partial charge in [-0.15, -0.1) is 0 Å². The molecule has 23 heavy (non-hydrogen) atoms. The van der Waals surface area contributed by atoms with E-state index < -0.39 is 6.10 Å². The smallest absolute Gasteiger partial charge is 0.220 e. The van der Waals surface area contributed by atoms with E-state index in [1.54, 1.807) is 0 Å². The van der Waals surface area contributed by atoms with Crippen molar-refractivity contribution in [2.75, 3.05) is 6.54 Å². The van der Waals surface area contributed by atoms with Crippen molar-refractivity contribution in [3.63, 3.8) is 0 Å². The third kappa shape index (κ3) is 6.82. The van der Waals surface area contributed by atoms with E-state index in [0.717, 1.165) is 18.4 Å². The first kappa shape index (κ1) is 17.5. The first-order valence-corrected chi connectivity index (χ1v) is 8.41. The van der Waals surface area contributed by atoms with Crippen LogP contribution in [0.1, 0.15) is 44.1 Å². The summed E-state index contributed by atoms with van der Waals surface area (Å²) in [4.78, 5) is 23.5. The van der Waals surface area contributed by atoms with E-state index in [1.165, 1.54) is 12.8 Å². The molecule has 2 rings (SSSR count). The van der Waals surface area contributed by atoms with Crippen LogP contribution < -0.4 is 10.6 Å². The second-order valence-electron chi connectivity index (χ2n) is 6.20. The molecule has 0 heterocycles. The lowest BCUT2D eigenvalue weighted by atomic mass is 10.1. The minimum atomic E-state index is -0.617. The molecule has 1 aliphatic rings. The highest BCUT2D eigenvalue weighted by Crippen LogP contribution is 2.17. The molecule has 1 aromatic carbocycles. The number of hydrogen-bond donors (Lipinski definition) is 3. The van der Waals surface area contributed by atoms with Crippen LogP contribution in [0.3, 0.4) is 0 Å². The predicted molar refractivity (Wildman–Crippen MR) is 88.8 cm³/mol. The van der Waals surface area contributed by atoms with Gasteiger partial charge in [-0.1, -0.05) is 43.2 Å². The van der Waals surface area contributed by atoms with Crippen molar-refractivity contribution in [1.82, 2.24) is 10.6 Å². The summed E-state index contributed by atoms with van der Waals surface area (Å²) < 4.78 is 0. The maximum atomic E-state index is 11.7. The summed E-state index contributed by atoms with van der Waals surface area (Å²) in [7, 11) is 0. The highest BCUT2D eigenvalue weighted by atomic mass is 16.3. The van der Waals surface area contributed by atoms with E-state index in [0.29, 0.717) is 12.5 Å². The summed E-state index contributed by atoms with van der Waals surface area (Å²) in [5.41, 5.74) is 1.03. The highest BCUT2D eigenvalue weighted by molar-refractivity contribution is 5.83. The third-order valence-corrected chi connectivity index (χ3v) is 4.15. The zero-order valence-corrected chi connectivity index (χ0v) is 13.5. The Morgan fingerprint density at radius 1 is 1.09 bits per heavy atom. The first-order chi connectivity index (χ1) is 11.1. The van der Waals surface area contributed by atoms with E-state index in [9.17, 15) is 14.7 Å². The first-order valence-electron chi connectivity index (χ1n) is 8.41. The molecule has 1 atom stereocenters. The van der Waals surface area contributed by atoms with Crippen molar-refractivity contribution in [3.05, 3.63) is 35.9 Å². The Balaban J connectivity index is 1.58. The van der Waals surface area contributed by atoms with Crippen LogP contribution in [-0.4, -0.2) is 35.6 Å². The number of benzene rings is 1. The van der Waals surface area contributed by atoms with Gasteiger partial charge in [-0.05, 0) is 18.4 Å². The van der Waals surface area contributed by atoms with Gasteiger partial charge in [0.05, 0.1) is 6.10 Å². The van der Waals surface area contributed by atoms with Crippen LogP contribution in [0.2, 0.25) is 0 Å². The number of rotatable bonds is 8. The molecule has 0 aromatic heterocycles. The molecule has 5 nitrogen and oxygen atoms in total. The van der Waals surface area contributed by atoms with Gasteiger partial charge in [-0.3, -0.25) is 9.59 Å². The molecule has 0 spiro atoms. The maximum absolute atomic E-state index is 11.7. The number of amides is 2. The normalized spacial score (nSPS) is 16.0. The molecule has 1 aliphatic carbocycles. The average Bonchev–Trinajstić information content (AvgIpc) is 3.05. The Hall–Kier alpha value is -1.88. The lowest BCUT2D eigenvalue weighted by Crippen LogP contribution is -2.35. The summed E-state index contributed by atoms with van der Waals surface area (Å²) in [6.07, 6.45) is 4.69. The van der Waals surface area contributed by atoms with Crippen LogP contribution in [0.25, 0.3) is 0 Å². The van der Waals surface area contributed by atoms with Crippen LogP contribution >= 0.6 is 0 Å². The molecular weight excluding hydrogens is 292 g/mol. The molecule has 1 fully saturated rings. The van der Waals surface area contributed by atoms with Crippen LogP contribution in [0, 0.1) is 0 Å². The molecule has 1 saturated carbocycles. The summed E-state index contributed by atoms with van der Waals surface area (Å²) in [6.45, 7) is 0.206. The van der Waals surface area contributed by atoms with Gasteiger partial charge in [0.25, 0.3) is 0 Å². The summed E-state index contributed by atoms with van der Waals surface area (Å²) in [6, 6.07) is 9.94. The topological polar surface area (TPSA) is 78.4 Å². The van der Waals surface area contributed by atoms with Gasteiger partial charge in [0, 0.05) is 31.8 Å². The average molecular weight is 318 g/mol. The van der Waals surface area contributed by atoms with Gasteiger partial charge in [0.2, 0.25) is 11.8 Å². The zero-order valence-electron chi connectivity index (χ0n) is 13.5. The molecule has 1 unspecified atom stereocenters. The number of carbonyl (C=O) groups excluding carboxylic acids is 2. The quantitative estimate of drug-likeness (QED) is 0.680. The van der Waals surface area contributed by atoms with Crippen LogP contribution in [0.4, 0.5) is 0 Å². The molecular formula is C18H26N2O3. The van der Waals surface area contributed by atoms with E-state index >= 15 is 0 Å². The maximum Gasteiger partial charge on any atom is 0.220 e. The van der Waals surface area contributed by atoms with Crippen molar-refractivity contribution < 1.29 is 14.7 Å². The van der Waals surface area contributed by atoms with Crippen molar-refractivity contribution in [2.24, 2.45) is 0 Å². The number of carbonyl (C=O) groups is 2. The van der Waals surface area contributed by atoms with E-state index in [1.807, 2.05) is 30.3 Å². The van der Waals surface area contributed by atoms with Gasteiger partial charge in [0.15, 0.2) is 0 Å². The monoisotopic (exact) mass is 318 g/mol. The summed E-state index contributed by atoms with van der Waals surface area (Å²) in [5, 5.41) is 15.6. The Morgan fingerprint density at radius 3 is 2.43 bits per heavy atom. The number of hydrogen-bond acceptors (Lipinski definition) is 3. The van der Waals surface area contributed by atoms with Crippen molar-refractivity contribution in [3.8, 4) is 0 Å². The molecule has 126 valence electrons. The highest BCUT2D eigenvalue weighted by Gasteiger charge is 2.17. The van der Waals surface area contributed by atoms with Gasteiger partial charge in [0.1, 0.15) is 0 Å². The van der Waals surface area contributed by atoms with Gasteiger partial charge in [-0.25, -0.2) is 0 Å². The molecule has 0 saturated heterocycles. The van der Waals surface area contributed by atoms with Gasteiger partial charge < -0.3 is 15.7 Å². The molecule has 1 aromatic rings. The second kappa shape index (κ2) is 9.30. The molecule has 0 aliphatic heterocycles. The van der Waals surface area contributed by atoms with Crippen LogP contribution in [-0.2, 0) is 16.0 Å². The Morgan fingerprint density at radius 2 is 1.74 bits per heavy atom. The van der Waals surface area contributed by atoms with E-state index in [2.05, 4.69) is 10.6 Å². The van der Waals surface area contributed by atoms with Crippen LogP contribution in [0.15, 0.2) is 30.3 Å². The molecule has 2 amide bonds. The molecule has 3 N–H and O–H groups in total.